The van der Waals surface area contributed by atoms with E-state index in [0.717, 1.165) is 16.7 Å². The number of amides is 1. The highest BCUT2D eigenvalue weighted by Gasteiger charge is 2.34. The second-order valence-electron chi connectivity index (χ2n) is 7.54. The summed E-state index contributed by atoms with van der Waals surface area (Å²) in [7, 11) is -3.11. The zero-order chi connectivity index (χ0) is 21.8. The van der Waals surface area contributed by atoms with E-state index in [9.17, 15) is 13.2 Å². The van der Waals surface area contributed by atoms with Gasteiger partial charge in [-0.25, -0.2) is 8.42 Å². The van der Waals surface area contributed by atoms with Crippen LogP contribution < -0.4 is 0 Å². The maximum atomic E-state index is 13.1. The molecule has 162 valence electrons. The summed E-state index contributed by atoms with van der Waals surface area (Å²) < 4.78 is 29.7. The summed E-state index contributed by atoms with van der Waals surface area (Å²) in [5.41, 5.74) is 2.84. The third-order valence-corrected chi connectivity index (χ3v) is 7.82. The van der Waals surface area contributed by atoms with Crippen LogP contribution in [0.25, 0.3) is 11.5 Å². The molecule has 1 aliphatic rings. The van der Waals surface area contributed by atoms with Gasteiger partial charge in [0, 0.05) is 18.2 Å². The van der Waals surface area contributed by atoms with Crippen LogP contribution in [0.3, 0.4) is 0 Å². The number of thioether (sulfide) groups is 1. The average molecular weight is 458 g/mol. The van der Waals surface area contributed by atoms with Crippen LogP contribution in [0, 0.1) is 6.92 Å². The van der Waals surface area contributed by atoms with E-state index < -0.39 is 9.84 Å². The SMILES string of the molecule is Cc1ccccc1-c1nnc(SCC(=O)N(Cc2ccccc2)[C@@H]2CCS(=O)(=O)C2)o1. The second-order valence-corrected chi connectivity index (χ2v) is 10.7. The Morgan fingerprint density at radius 3 is 2.58 bits per heavy atom. The predicted octanol–water partition coefficient (Wildman–Crippen LogP) is 3.35. The highest BCUT2D eigenvalue weighted by molar-refractivity contribution is 7.99. The van der Waals surface area contributed by atoms with Gasteiger partial charge in [-0.3, -0.25) is 4.79 Å². The minimum absolute atomic E-state index is 0.00816. The maximum absolute atomic E-state index is 13.1. The summed E-state index contributed by atoms with van der Waals surface area (Å²) >= 11 is 1.17. The van der Waals surface area contributed by atoms with Crippen molar-refractivity contribution in [2.24, 2.45) is 0 Å². The fraction of sp³-hybridized carbons (Fsp3) is 0.318. The molecule has 0 aliphatic carbocycles. The van der Waals surface area contributed by atoms with Crippen LogP contribution in [-0.4, -0.2) is 52.7 Å². The number of sulfone groups is 1. The van der Waals surface area contributed by atoms with Crippen molar-refractivity contribution in [2.75, 3.05) is 17.3 Å². The molecule has 4 rings (SSSR count). The van der Waals surface area contributed by atoms with Gasteiger partial charge in [-0.15, -0.1) is 10.2 Å². The minimum atomic E-state index is -3.11. The van der Waals surface area contributed by atoms with Gasteiger partial charge in [0.25, 0.3) is 5.22 Å². The molecule has 0 bridgehead atoms. The molecule has 2 heterocycles. The van der Waals surface area contributed by atoms with Gasteiger partial charge in [-0.1, -0.05) is 60.3 Å². The van der Waals surface area contributed by atoms with Crippen LogP contribution in [0.2, 0.25) is 0 Å². The second kappa shape index (κ2) is 9.23. The van der Waals surface area contributed by atoms with Gasteiger partial charge in [0.2, 0.25) is 11.8 Å². The van der Waals surface area contributed by atoms with Gasteiger partial charge in [0.15, 0.2) is 9.84 Å². The first-order valence-electron chi connectivity index (χ1n) is 9.97. The third kappa shape index (κ3) is 5.34. The largest absolute Gasteiger partial charge is 0.411 e. The highest BCUT2D eigenvalue weighted by Crippen LogP contribution is 2.27. The summed E-state index contributed by atoms with van der Waals surface area (Å²) in [4.78, 5) is 14.7. The number of aromatic nitrogens is 2. The molecule has 31 heavy (non-hydrogen) atoms. The molecule has 2 aromatic carbocycles. The van der Waals surface area contributed by atoms with Crippen molar-refractivity contribution in [1.29, 1.82) is 0 Å². The third-order valence-electron chi connectivity index (χ3n) is 5.27. The Kier molecular flexibility index (Phi) is 6.43. The van der Waals surface area contributed by atoms with Crippen molar-refractivity contribution in [3.05, 3.63) is 65.7 Å². The number of rotatable bonds is 7. The van der Waals surface area contributed by atoms with Crippen LogP contribution in [0.1, 0.15) is 17.5 Å². The van der Waals surface area contributed by atoms with Gasteiger partial charge in [-0.2, -0.15) is 0 Å². The van der Waals surface area contributed by atoms with Crippen LogP contribution in [0.5, 0.6) is 0 Å². The molecule has 0 spiro atoms. The highest BCUT2D eigenvalue weighted by atomic mass is 32.2. The van der Waals surface area contributed by atoms with E-state index >= 15 is 0 Å². The summed E-state index contributed by atoms with van der Waals surface area (Å²) in [5, 5.41) is 8.45. The summed E-state index contributed by atoms with van der Waals surface area (Å²) in [6.45, 7) is 2.34. The van der Waals surface area contributed by atoms with E-state index in [1.54, 1.807) is 4.90 Å². The molecule has 0 radical (unpaired) electrons. The summed E-state index contributed by atoms with van der Waals surface area (Å²) in [6, 6.07) is 17.0. The first-order valence-corrected chi connectivity index (χ1v) is 12.8. The van der Waals surface area contributed by atoms with Crippen molar-refractivity contribution in [3.63, 3.8) is 0 Å². The standard InChI is InChI=1S/C22H23N3O4S2/c1-16-7-5-6-10-19(16)21-23-24-22(29-21)30-14-20(26)25(13-17-8-3-2-4-9-17)18-11-12-31(27,28)15-18/h2-10,18H,11-15H2,1H3/t18-/m1/s1. The first-order chi connectivity index (χ1) is 14.9. The molecule has 1 amide bonds. The average Bonchev–Trinajstić information content (AvgIpc) is 3.37. The molecule has 1 atom stereocenters. The molecule has 0 N–H and O–H groups in total. The quantitative estimate of drug-likeness (QED) is 0.502. The van der Waals surface area contributed by atoms with Gasteiger partial charge in [0.1, 0.15) is 0 Å². The molecular weight excluding hydrogens is 434 g/mol. The number of benzene rings is 2. The lowest BCUT2D eigenvalue weighted by Gasteiger charge is -2.28. The Labute approximate surface area is 185 Å². The number of carbonyl (C=O) groups excluding carboxylic acids is 1. The molecule has 7 nitrogen and oxygen atoms in total. The summed E-state index contributed by atoms with van der Waals surface area (Å²) in [6.07, 6.45) is 0.462. The van der Waals surface area contributed by atoms with Crippen molar-refractivity contribution in [3.8, 4) is 11.5 Å². The zero-order valence-electron chi connectivity index (χ0n) is 17.1. The van der Waals surface area contributed by atoms with E-state index in [2.05, 4.69) is 10.2 Å². The zero-order valence-corrected chi connectivity index (χ0v) is 18.7. The van der Waals surface area contributed by atoms with Crippen LogP contribution in [0.4, 0.5) is 0 Å². The first kappa shape index (κ1) is 21.6. The minimum Gasteiger partial charge on any atom is -0.411 e. The Balaban J connectivity index is 1.46. The van der Waals surface area contributed by atoms with Gasteiger partial charge < -0.3 is 9.32 Å². The van der Waals surface area contributed by atoms with Gasteiger partial charge >= 0.3 is 0 Å². The Morgan fingerprint density at radius 2 is 1.87 bits per heavy atom. The van der Waals surface area contributed by atoms with Crippen LogP contribution in [0.15, 0.2) is 64.2 Å². The van der Waals surface area contributed by atoms with Crippen molar-refractivity contribution in [1.82, 2.24) is 15.1 Å². The molecule has 1 aliphatic heterocycles. The van der Waals surface area contributed by atoms with E-state index in [1.807, 2.05) is 61.5 Å². The van der Waals surface area contributed by atoms with E-state index in [1.165, 1.54) is 11.8 Å². The summed E-state index contributed by atoms with van der Waals surface area (Å²) in [5.74, 6) is 0.488. The van der Waals surface area contributed by atoms with Crippen molar-refractivity contribution < 1.29 is 17.6 Å². The topological polar surface area (TPSA) is 93.4 Å². The molecular formula is C22H23N3O4S2. The fourth-order valence-electron chi connectivity index (χ4n) is 3.62. The normalized spacial score (nSPS) is 17.5. The number of hydrogen-bond donors (Lipinski definition) is 0. The van der Waals surface area contributed by atoms with Gasteiger partial charge in [-0.05, 0) is 30.5 Å². The number of hydrogen-bond acceptors (Lipinski definition) is 7. The molecule has 1 saturated heterocycles. The van der Waals surface area contributed by atoms with Crippen molar-refractivity contribution >= 4 is 27.5 Å². The van der Waals surface area contributed by atoms with Gasteiger partial charge in [0.05, 0.1) is 17.3 Å². The molecule has 0 unspecified atom stereocenters. The number of nitrogens with zero attached hydrogens (tertiary/aromatic N) is 3. The number of carbonyl (C=O) groups is 1. The monoisotopic (exact) mass is 457 g/mol. The van der Waals surface area contributed by atoms with E-state index in [0.29, 0.717) is 24.1 Å². The predicted molar refractivity (Wildman–Crippen MR) is 119 cm³/mol. The number of aryl methyl sites for hydroxylation is 1. The Hall–Kier alpha value is -2.65. The lowest BCUT2D eigenvalue weighted by atomic mass is 10.1. The molecule has 0 saturated carbocycles. The smallest absolute Gasteiger partial charge is 0.277 e. The van der Waals surface area contributed by atoms with Crippen molar-refractivity contribution in [2.45, 2.75) is 31.2 Å². The van der Waals surface area contributed by atoms with E-state index in [4.69, 9.17) is 4.42 Å². The molecule has 9 heteroatoms. The lowest BCUT2D eigenvalue weighted by Crippen LogP contribution is -2.41. The molecule has 1 aromatic heterocycles. The maximum Gasteiger partial charge on any atom is 0.277 e. The van der Waals surface area contributed by atoms with Crippen LogP contribution in [-0.2, 0) is 21.2 Å². The fourth-order valence-corrected chi connectivity index (χ4v) is 6.00. The van der Waals surface area contributed by atoms with Crippen LogP contribution >= 0.6 is 11.8 Å². The Morgan fingerprint density at radius 1 is 1.13 bits per heavy atom. The molecule has 1 fully saturated rings. The Bertz CT molecular complexity index is 1160. The lowest BCUT2D eigenvalue weighted by molar-refractivity contribution is -0.130. The molecule has 3 aromatic rings. The van der Waals surface area contributed by atoms with E-state index in [-0.39, 0.29) is 29.2 Å².